The van der Waals surface area contributed by atoms with E-state index in [1.807, 2.05) is 41.3 Å². The molecule has 8 heteroatoms. The van der Waals surface area contributed by atoms with Crippen molar-refractivity contribution < 1.29 is 9.66 Å². The summed E-state index contributed by atoms with van der Waals surface area (Å²) in [6.45, 7) is 6.13. The summed E-state index contributed by atoms with van der Waals surface area (Å²) in [6.07, 6.45) is 1.33. The highest BCUT2D eigenvalue weighted by molar-refractivity contribution is 5.88. The number of benzene rings is 2. The van der Waals surface area contributed by atoms with Gasteiger partial charge in [-0.3, -0.25) is 10.1 Å². The van der Waals surface area contributed by atoms with Crippen LogP contribution in [0.2, 0.25) is 0 Å². The van der Waals surface area contributed by atoms with Gasteiger partial charge in [0.15, 0.2) is 0 Å². The molecule has 0 aliphatic carbocycles. The number of piperazine rings is 1. The van der Waals surface area contributed by atoms with Gasteiger partial charge in [-0.2, -0.15) is 4.98 Å². The molecular weight excluding hydrogens is 358 g/mol. The van der Waals surface area contributed by atoms with Crippen LogP contribution in [0.1, 0.15) is 6.92 Å². The van der Waals surface area contributed by atoms with Crippen molar-refractivity contribution in [3.63, 3.8) is 0 Å². The highest BCUT2D eigenvalue weighted by Crippen LogP contribution is 2.38. The maximum absolute atomic E-state index is 11.9. The highest BCUT2D eigenvalue weighted by Gasteiger charge is 2.30. The third-order valence-corrected chi connectivity index (χ3v) is 5.03. The van der Waals surface area contributed by atoms with E-state index in [9.17, 15) is 10.1 Å². The maximum atomic E-state index is 11.9. The van der Waals surface area contributed by atoms with E-state index in [-0.39, 0.29) is 11.6 Å². The van der Waals surface area contributed by atoms with Crippen molar-refractivity contribution in [1.82, 2.24) is 14.9 Å². The molecule has 0 radical (unpaired) electrons. The maximum Gasteiger partial charge on any atom is 0.373 e. The largest absolute Gasteiger partial charge is 0.433 e. The summed E-state index contributed by atoms with van der Waals surface area (Å²) >= 11 is 0. The summed E-state index contributed by atoms with van der Waals surface area (Å²) in [5.41, 5.74) is -0.194. The van der Waals surface area contributed by atoms with Crippen molar-refractivity contribution >= 4 is 22.3 Å². The van der Waals surface area contributed by atoms with Gasteiger partial charge in [0.2, 0.25) is 5.82 Å². The number of nitrogens with zero attached hydrogens (tertiary/aromatic N) is 5. The Hall–Kier alpha value is -3.26. The van der Waals surface area contributed by atoms with Crippen molar-refractivity contribution in [2.45, 2.75) is 6.92 Å². The lowest BCUT2D eigenvalue weighted by Gasteiger charge is -2.34. The van der Waals surface area contributed by atoms with Crippen molar-refractivity contribution in [2.24, 2.45) is 0 Å². The number of nitro groups is 1. The number of hydrogen-bond acceptors (Lipinski definition) is 7. The number of rotatable bonds is 5. The monoisotopic (exact) mass is 379 g/mol. The number of likely N-dealkylation sites (N-methyl/N-ethyl adjacent to an activating group) is 1. The van der Waals surface area contributed by atoms with E-state index in [0.717, 1.165) is 30.4 Å². The first-order chi connectivity index (χ1) is 13.7. The molecule has 1 fully saturated rings. The summed E-state index contributed by atoms with van der Waals surface area (Å²) in [5, 5.41) is 13.7. The van der Waals surface area contributed by atoms with Crippen molar-refractivity contribution in [3.05, 3.63) is 58.9 Å². The lowest BCUT2D eigenvalue weighted by Crippen LogP contribution is -2.46. The van der Waals surface area contributed by atoms with E-state index in [1.165, 1.54) is 6.33 Å². The lowest BCUT2D eigenvalue weighted by atomic mass is 10.1. The molecule has 0 atom stereocenters. The van der Waals surface area contributed by atoms with Gasteiger partial charge < -0.3 is 14.5 Å². The van der Waals surface area contributed by atoms with Crippen LogP contribution in [0.5, 0.6) is 11.6 Å². The van der Waals surface area contributed by atoms with E-state index >= 15 is 0 Å². The summed E-state index contributed by atoms with van der Waals surface area (Å²) < 4.78 is 5.93. The van der Waals surface area contributed by atoms with Crippen LogP contribution in [-0.4, -0.2) is 52.5 Å². The molecule has 0 bridgehead atoms. The van der Waals surface area contributed by atoms with Gasteiger partial charge in [0.1, 0.15) is 12.1 Å². The second-order valence-electron chi connectivity index (χ2n) is 6.61. The summed E-state index contributed by atoms with van der Waals surface area (Å²) in [7, 11) is 0. The zero-order valence-electron chi connectivity index (χ0n) is 15.6. The molecule has 0 spiro atoms. The number of hydrogen-bond donors (Lipinski definition) is 0. The molecule has 0 saturated carbocycles. The Morgan fingerprint density at radius 2 is 1.82 bits per heavy atom. The first-order valence-corrected chi connectivity index (χ1v) is 9.29. The molecule has 4 rings (SSSR count). The van der Waals surface area contributed by atoms with E-state index < -0.39 is 4.92 Å². The number of aromatic nitrogens is 2. The van der Waals surface area contributed by atoms with Crippen LogP contribution in [0.4, 0.5) is 11.5 Å². The lowest BCUT2D eigenvalue weighted by molar-refractivity contribution is -0.385. The summed E-state index contributed by atoms with van der Waals surface area (Å²) in [4.78, 5) is 23.9. The Labute approximate surface area is 162 Å². The third kappa shape index (κ3) is 3.46. The van der Waals surface area contributed by atoms with Crippen LogP contribution in [0.25, 0.3) is 10.8 Å². The number of fused-ring (bicyclic) bond motifs is 1. The number of ether oxygens (including phenoxy) is 1. The van der Waals surface area contributed by atoms with Gasteiger partial charge in [0.05, 0.1) is 4.92 Å². The zero-order valence-corrected chi connectivity index (χ0v) is 15.6. The molecule has 1 aliphatic rings. The topological polar surface area (TPSA) is 84.6 Å². The van der Waals surface area contributed by atoms with Crippen LogP contribution in [0, 0.1) is 10.1 Å². The Bertz CT molecular complexity index is 997. The van der Waals surface area contributed by atoms with Gasteiger partial charge in [-0.1, -0.05) is 43.3 Å². The van der Waals surface area contributed by atoms with Gasteiger partial charge in [0, 0.05) is 31.6 Å². The van der Waals surface area contributed by atoms with Crippen molar-refractivity contribution in [2.75, 3.05) is 37.6 Å². The molecule has 1 saturated heterocycles. The smallest absolute Gasteiger partial charge is 0.373 e. The highest BCUT2D eigenvalue weighted by atomic mass is 16.6. The zero-order chi connectivity index (χ0) is 19.5. The predicted octanol–water partition coefficient (Wildman–Crippen LogP) is 3.47. The van der Waals surface area contributed by atoms with Gasteiger partial charge >= 0.3 is 11.6 Å². The van der Waals surface area contributed by atoms with Gasteiger partial charge in [-0.15, -0.1) is 0 Å². The van der Waals surface area contributed by atoms with Crippen LogP contribution >= 0.6 is 0 Å². The quantitative estimate of drug-likeness (QED) is 0.496. The van der Waals surface area contributed by atoms with Gasteiger partial charge in [0.25, 0.3) is 0 Å². The second-order valence-corrected chi connectivity index (χ2v) is 6.61. The summed E-state index contributed by atoms with van der Waals surface area (Å²) in [6, 6.07) is 13.3. The second kappa shape index (κ2) is 7.77. The van der Waals surface area contributed by atoms with Crippen LogP contribution in [0.15, 0.2) is 48.8 Å². The molecule has 0 unspecified atom stereocenters. The molecule has 0 N–H and O–H groups in total. The van der Waals surface area contributed by atoms with E-state index in [1.54, 1.807) is 6.07 Å². The minimum absolute atomic E-state index is 0.0377. The normalized spacial score (nSPS) is 15.0. The average Bonchev–Trinajstić information content (AvgIpc) is 2.74. The molecule has 2 heterocycles. The van der Waals surface area contributed by atoms with Crippen molar-refractivity contribution in [1.29, 1.82) is 0 Å². The molecular formula is C20H21N5O3. The summed E-state index contributed by atoms with van der Waals surface area (Å²) in [5.74, 6) is 0.803. The fourth-order valence-electron chi connectivity index (χ4n) is 3.48. The Kier molecular flexibility index (Phi) is 5.03. The molecule has 0 amide bonds. The molecule has 8 nitrogen and oxygen atoms in total. The van der Waals surface area contributed by atoms with Crippen LogP contribution in [-0.2, 0) is 0 Å². The fraction of sp³-hybridized carbons (Fsp3) is 0.300. The minimum atomic E-state index is -0.456. The average molecular weight is 379 g/mol. The van der Waals surface area contributed by atoms with Gasteiger partial charge in [-0.25, -0.2) is 4.98 Å². The Morgan fingerprint density at radius 3 is 2.57 bits per heavy atom. The first-order valence-electron chi connectivity index (χ1n) is 9.29. The first kappa shape index (κ1) is 18.1. The predicted molar refractivity (Wildman–Crippen MR) is 107 cm³/mol. The van der Waals surface area contributed by atoms with E-state index in [4.69, 9.17) is 4.74 Å². The molecule has 1 aliphatic heterocycles. The van der Waals surface area contributed by atoms with E-state index in [2.05, 4.69) is 21.8 Å². The Morgan fingerprint density at radius 1 is 1.07 bits per heavy atom. The molecule has 28 heavy (non-hydrogen) atoms. The Balaban J connectivity index is 1.71. The van der Waals surface area contributed by atoms with E-state index in [0.29, 0.717) is 24.7 Å². The van der Waals surface area contributed by atoms with Gasteiger partial charge in [-0.05, 0) is 18.0 Å². The molecule has 3 aromatic rings. The molecule has 1 aromatic heterocycles. The SMILES string of the molecule is CCN1CCN(c2ncnc(Oc3cccc4ccccc34)c2[N+](=O)[O-])CC1. The fourth-order valence-corrected chi connectivity index (χ4v) is 3.48. The van der Waals surface area contributed by atoms with Crippen molar-refractivity contribution in [3.8, 4) is 11.6 Å². The standard InChI is InChI=1S/C20H21N5O3/c1-2-23-10-12-24(13-11-23)19-18(25(26)27)20(22-14-21-19)28-17-9-5-7-15-6-3-4-8-16(15)17/h3-9,14H,2,10-13H2,1H3. The number of anilines is 1. The third-order valence-electron chi connectivity index (χ3n) is 5.03. The molecule has 2 aromatic carbocycles. The van der Waals surface area contributed by atoms with Crippen LogP contribution in [0.3, 0.4) is 0 Å². The van der Waals surface area contributed by atoms with Crippen LogP contribution < -0.4 is 9.64 Å². The minimum Gasteiger partial charge on any atom is -0.433 e. The molecule has 144 valence electrons.